The molecule has 126 valence electrons. The largest absolute Gasteiger partial charge is 0.488 e. The zero-order chi connectivity index (χ0) is 17.8. The van der Waals surface area contributed by atoms with Crippen LogP contribution < -0.4 is 10.8 Å². The van der Waals surface area contributed by atoms with E-state index in [9.17, 15) is 19.6 Å². The molecule has 0 aromatic heterocycles. The van der Waals surface area contributed by atoms with Crippen LogP contribution in [0.1, 0.15) is 31.9 Å². The number of carbonyl (C=O) groups excluding carboxylic acids is 2. The summed E-state index contributed by atoms with van der Waals surface area (Å²) < 4.78 is 9.79. The minimum Gasteiger partial charge on any atom is -0.469 e. The second-order valence-corrected chi connectivity index (χ2v) is 6.11. The van der Waals surface area contributed by atoms with Gasteiger partial charge in [0.25, 0.3) is 0 Å². The third-order valence-electron chi connectivity index (χ3n) is 3.03. The number of amides is 1. The minimum atomic E-state index is -1.73. The average molecular weight is 323 g/mol. The number of hydrogen-bond donors (Lipinski definition) is 3. The normalized spacial score (nSPS) is 10.9. The van der Waals surface area contributed by atoms with Gasteiger partial charge in [0.1, 0.15) is 5.60 Å². The monoisotopic (exact) mass is 323 g/mol. The molecule has 8 heteroatoms. The molecule has 23 heavy (non-hydrogen) atoms. The Kier molecular flexibility index (Phi) is 6.17. The number of rotatable bonds is 4. The fourth-order valence-corrected chi connectivity index (χ4v) is 1.90. The molecule has 1 aromatic carbocycles. The number of esters is 1. The highest BCUT2D eigenvalue weighted by Crippen LogP contribution is 2.20. The second-order valence-electron chi connectivity index (χ2n) is 6.11. The maximum atomic E-state index is 11.9. The summed E-state index contributed by atoms with van der Waals surface area (Å²) in [5, 5.41) is 21.3. The molecule has 0 aliphatic rings. The Morgan fingerprint density at radius 1 is 1.26 bits per heavy atom. The van der Waals surface area contributed by atoms with Gasteiger partial charge in [-0.1, -0.05) is 6.07 Å². The van der Waals surface area contributed by atoms with Crippen LogP contribution >= 0.6 is 0 Å². The first-order valence-electron chi connectivity index (χ1n) is 7.10. The Labute approximate surface area is 135 Å². The van der Waals surface area contributed by atoms with Crippen molar-refractivity contribution in [3.05, 3.63) is 23.3 Å². The quantitative estimate of drug-likeness (QED) is 0.557. The van der Waals surface area contributed by atoms with Crippen molar-refractivity contribution in [1.29, 1.82) is 0 Å². The molecule has 1 rings (SSSR count). The van der Waals surface area contributed by atoms with Crippen molar-refractivity contribution in [2.75, 3.05) is 12.4 Å². The molecule has 3 N–H and O–H groups in total. The SMILES string of the molecule is COC(=O)Cc1cc(B(O)O)cc(NC(=O)OC(C)(C)C)c1C. The highest BCUT2D eigenvalue weighted by Gasteiger charge is 2.21. The number of carbonyl (C=O) groups is 2. The first-order valence-corrected chi connectivity index (χ1v) is 7.10. The van der Waals surface area contributed by atoms with Gasteiger partial charge >= 0.3 is 19.2 Å². The standard InChI is InChI=1S/C15H22BNO6/c1-9-10(7-13(18)22-5)6-11(16(20)21)8-12(9)17-14(19)23-15(2,3)4/h6,8,20-21H,7H2,1-5H3,(H,17,19). The van der Waals surface area contributed by atoms with Crippen molar-refractivity contribution < 1.29 is 29.1 Å². The van der Waals surface area contributed by atoms with Gasteiger partial charge in [-0.05, 0) is 50.4 Å². The summed E-state index contributed by atoms with van der Waals surface area (Å²) in [7, 11) is -0.464. The van der Waals surface area contributed by atoms with Crippen molar-refractivity contribution >= 4 is 30.3 Å². The van der Waals surface area contributed by atoms with Crippen LogP contribution in [0.3, 0.4) is 0 Å². The van der Waals surface area contributed by atoms with Gasteiger partial charge in [0.05, 0.1) is 13.5 Å². The van der Waals surface area contributed by atoms with Gasteiger partial charge in [-0.15, -0.1) is 0 Å². The van der Waals surface area contributed by atoms with E-state index in [2.05, 4.69) is 10.1 Å². The molecule has 1 amide bonds. The first-order chi connectivity index (χ1) is 10.5. The summed E-state index contributed by atoms with van der Waals surface area (Å²) in [5.74, 6) is -0.471. The van der Waals surface area contributed by atoms with E-state index in [-0.39, 0.29) is 11.9 Å². The molecule has 0 atom stereocenters. The lowest BCUT2D eigenvalue weighted by Gasteiger charge is -2.21. The van der Waals surface area contributed by atoms with Crippen molar-refractivity contribution in [3.8, 4) is 0 Å². The molecule has 0 radical (unpaired) electrons. The zero-order valence-electron chi connectivity index (χ0n) is 14.0. The van der Waals surface area contributed by atoms with Gasteiger partial charge in [0.15, 0.2) is 0 Å². The van der Waals surface area contributed by atoms with Gasteiger partial charge in [0, 0.05) is 5.69 Å². The van der Waals surface area contributed by atoms with Crippen molar-refractivity contribution in [1.82, 2.24) is 0 Å². The van der Waals surface area contributed by atoms with E-state index in [4.69, 9.17) is 4.74 Å². The number of methoxy groups -OCH3 is 1. The molecule has 0 aliphatic heterocycles. The predicted molar refractivity (Wildman–Crippen MR) is 86.6 cm³/mol. The third-order valence-corrected chi connectivity index (χ3v) is 3.03. The van der Waals surface area contributed by atoms with E-state index in [1.54, 1.807) is 27.7 Å². The summed E-state index contributed by atoms with van der Waals surface area (Å²) in [6.07, 6.45) is -0.722. The van der Waals surface area contributed by atoms with Gasteiger partial charge in [0.2, 0.25) is 0 Å². The lowest BCUT2D eigenvalue weighted by Crippen LogP contribution is -2.32. The first kappa shape index (κ1) is 19.0. The van der Waals surface area contributed by atoms with Gasteiger partial charge < -0.3 is 19.5 Å². The molecular weight excluding hydrogens is 301 g/mol. The third kappa shape index (κ3) is 5.92. The van der Waals surface area contributed by atoms with Crippen LogP contribution in [-0.4, -0.2) is 41.9 Å². The van der Waals surface area contributed by atoms with Crippen molar-refractivity contribution in [2.24, 2.45) is 0 Å². The molecule has 0 spiro atoms. The molecule has 0 saturated heterocycles. The van der Waals surface area contributed by atoms with Crippen LogP contribution in [-0.2, 0) is 20.7 Å². The number of anilines is 1. The van der Waals surface area contributed by atoms with Gasteiger partial charge in [-0.25, -0.2) is 4.79 Å². The van der Waals surface area contributed by atoms with Crippen LogP contribution in [0, 0.1) is 6.92 Å². The Morgan fingerprint density at radius 2 is 1.87 bits per heavy atom. The zero-order valence-corrected chi connectivity index (χ0v) is 14.0. The van der Waals surface area contributed by atoms with Crippen LogP contribution in [0.5, 0.6) is 0 Å². The fourth-order valence-electron chi connectivity index (χ4n) is 1.90. The summed E-state index contributed by atoms with van der Waals surface area (Å²) in [6, 6.07) is 2.90. The van der Waals surface area contributed by atoms with Crippen LogP contribution in [0.4, 0.5) is 10.5 Å². The maximum absolute atomic E-state index is 11.9. The Hall–Kier alpha value is -2.06. The topological polar surface area (TPSA) is 105 Å². The van der Waals surface area contributed by atoms with Crippen molar-refractivity contribution in [3.63, 3.8) is 0 Å². The minimum absolute atomic E-state index is 0.0497. The van der Waals surface area contributed by atoms with E-state index >= 15 is 0 Å². The number of hydrogen-bond acceptors (Lipinski definition) is 6. The van der Waals surface area contributed by atoms with Crippen LogP contribution in [0.15, 0.2) is 12.1 Å². The van der Waals surface area contributed by atoms with Crippen LogP contribution in [0.25, 0.3) is 0 Å². The van der Waals surface area contributed by atoms with Crippen LogP contribution in [0.2, 0.25) is 0 Å². The number of benzene rings is 1. The molecule has 0 unspecified atom stereocenters. The van der Waals surface area contributed by atoms with E-state index in [1.165, 1.54) is 19.2 Å². The Morgan fingerprint density at radius 3 is 2.35 bits per heavy atom. The summed E-state index contributed by atoms with van der Waals surface area (Å²) >= 11 is 0. The average Bonchev–Trinajstić information content (AvgIpc) is 2.40. The van der Waals surface area contributed by atoms with Gasteiger partial charge in [-0.3, -0.25) is 10.1 Å². The Bertz CT molecular complexity index is 594. The fraction of sp³-hybridized carbons (Fsp3) is 0.467. The summed E-state index contributed by atoms with van der Waals surface area (Å²) in [5.41, 5.74) is 0.962. The molecule has 0 aliphatic carbocycles. The molecule has 0 fully saturated rings. The van der Waals surface area contributed by atoms with E-state index < -0.39 is 24.8 Å². The lowest BCUT2D eigenvalue weighted by atomic mass is 9.78. The smallest absolute Gasteiger partial charge is 0.469 e. The Balaban J connectivity index is 3.14. The number of ether oxygens (including phenoxy) is 2. The molecular formula is C15H22BNO6. The van der Waals surface area contributed by atoms with Crippen molar-refractivity contribution in [2.45, 2.75) is 39.7 Å². The predicted octanol–water partition coefficient (Wildman–Crippen LogP) is 0.737. The summed E-state index contributed by atoms with van der Waals surface area (Å²) in [4.78, 5) is 23.4. The second kappa shape index (κ2) is 7.48. The molecule has 0 bridgehead atoms. The van der Waals surface area contributed by atoms with E-state index in [0.29, 0.717) is 16.8 Å². The molecule has 0 saturated carbocycles. The van der Waals surface area contributed by atoms with E-state index in [0.717, 1.165) is 0 Å². The molecule has 0 heterocycles. The maximum Gasteiger partial charge on any atom is 0.488 e. The lowest BCUT2D eigenvalue weighted by molar-refractivity contribution is -0.139. The number of nitrogens with one attached hydrogen (secondary N) is 1. The molecule has 7 nitrogen and oxygen atoms in total. The van der Waals surface area contributed by atoms with E-state index in [1.807, 2.05) is 0 Å². The molecule has 1 aromatic rings. The van der Waals surface area contributed by atoms with Gasteiger partial charge in [-0.2, -0.15) is 0 Å². The highest BCUT2D eigenvalue weighted by molar-refractivity contribution is 6.58. The highest BCUT2D eigenvalue weighted by atomic mass is 16.6. The summed E-state index contributed by atoms with van der Waals surface area (Å²) in [6.45, 7) is 6.90.